The number of urea groups is 1. The molecule has 28 heavy (non-hydrogen) atoms. The Morgan fingerprint density at radius 1 is 1.04 bits per heavy atom. The largest absolute Gasteiger partial charge is 0.497 e. The second kappa shape index (κ2) is 10.5. The summed E-state index contributed by atoms with van der Waals surface area (Å²) in [7, 11) is 3.32. The molecule has 0 saturated carbocycles. The number of rotatable bonds is 9. The zero-order valence-corrected chi connectivity index (χ0v) is 16.3. The first kappa shape index (κ1) is 21.5. The summed E-state index contributed by atoms with van der Waals surface area (Å²) in [5, 5.41) is 2.97. The number of nitrogens with one attached hydrogen (secondary N) is 1. The van der Waals surface area contributed by atoms with Gasteiger partial charge in [-0.15, -0.1) is 0 Å². The molecule has 2 aromatic rings. The fraction of sp³-hybridized carbons (Fsp3) is 0.381. The van der Waals surface area contributed by atoms with Gasteiger partial charge < -0.3 is 19.7 Å². The fourth-order valence-electron chi connectivity index (χ4n) is 2.69. The minimum absolute atomic E-state index is 0.0128. The van der Waals surface area contributed by atoms with Gasteiger partial charge in [0.05, 0.1) is 7.11 Å². The molecule has 1 atom stereocenters. The first-order valence-electron chi connectivity index (χ1n) is 9.05. The Hall–Kier alpha value is -2.83. The molecule has 1 N–H and O–H groups in total. The number of alkyl halides is 2. The van der Waals surface area contributed by atoms with Gasteiger partial charge in [-0.05, 0) is 55.2 Å². The highest BCUT2D eigenvalue weighted by Crippen LogP contribution is 2.16. The van der Waals surface area contributed by atoms with E-state index < -0.39 is 6.61 Å². The number of aryl methyl sites for hydroxylation is 1. The molecule has 0 spiro atoms. The molecule has 0 aliphatic heterocycles. The van der Waals surface area contributed by atoms with Crippen LogP contribution >= 0.6 is 0 Å². The minimum Gasteiger partial charge on any atom is -0.497 e. The maximum absolute atomic E-state index is 12.3. The standard InChI is InChI=1S/C21H26F2N2O3/c1-15(4-5-16-6-10-18(27-3)11-7-16)24-21(26)25(2)14-17-8-12-19(13-9-17)28-20(22)23/h6-13,15,20H,4-5,14H2,1-3H3,(H,24,26). The number of nitrogens with zero attached hydrogens (tertiary/aromatic N) is 1. The molecule has 2 aromatic carbocycles. The van der Waals surface area contributed by atoms with E-state index in [0.717, 1.165) is 24.2 Å². The third-order valence-electron chi connectivity index (χ3n) is 4.31. The molecule has 5 nitrogen and oxygen atoms in total. The van der Waals surface area contributed by atoms with Crippen molar-refractivity contribution in [2.24, 2.45) is 0 Å². The van der Waals surface area contributed by atoms with Crippen molar-refractivity contribution in [2.45, 2.75) is 39.0 Å². The van der Waals surface area contributed by atoms with E-state index in [0.29, 0.717) is 6.54 Å². The zero-order valence-electron chi connectivity index (χ0n) is 16.3. The van der Waals surface area contributed by atoms with E-state index in [1.54, 1.807) is 31.2 Å². The van der Waals surface area contributed by atoms with Crippen LogP contribution in [-0.2, 0) is 13.0 Å². The number of amides is 2. The van der Waals surface area contributed by atoms with E-state index in [1.807, 2.05) is 31.2 Å². The van der Waals surface area contributed by atoms with Crippen LogP contribution in [0.15, 0.2) is 48.5 Å². The molecule has 1 unspecified atom stereocenters. The molecule has 2 amide bonds. The molecular formula is C21H26F2N2O3. The molecule has 0 fully saturated rings. The van der Waals surface area contributed by atoms with Gasteiger partial charge in [0, 0.05) is 19.6 Å². The van der Waals surface area contributed by atoms with Crippen LogP contribution < -0.4 is 14.8 Å². The van der Waals surface area contributed by atoms with E-state index in [2.05, 4.69) is 10.1 Å². The van der Waals surface area contributed by atoms with Gasteiger partial charge >= 0.3 is 12.6 Å². The number of hydrogen-bond acceptors (Lipinski definition) is 3. The predicted octanol–water partition coefficient (Wildman–Crippen LogP) is 4.46. The summed E-state index contributed by atoms with van der Waals surface area (Å²) in [5.74, 6) is 0.915. The quantitative estimate of drug-likeness (QED) is 0.686. The lowest BCUT2D eigenvalue weighted by molar-refractivity contribution is -0.0498. The summed E-state index contributed by atoms with van der Waals surface area (Å²) in [6.07, 6.45) is 1.66. The van der Waals surface area contributed by atoms with E-state index >= 15 is 0 Å². The molecule has 7 heteroatoms. The van der Waals surface area contributed by atoms with Crippen LogP contribution in [-0.4, -0.2) is 37.7 Å². The Morgan fingerprint density at radius 2 is 1.61 bits per heavy atom. The van der Waals surface area contributed by atoms with Crippen molar-refractivity contribution in [1.29, 1.82) is 0 Å². The highest BCUT2D eigenvalue weighted by atomic mass is 19.3. The predicted molar refractivity (Wildman–Crippen MR) is 104 cm³/mol. The fourth-order valence-corrected chi connectivity index (χ4v) is 2.69. The third kappa shape index (κ3) is 7.06. The normalized spacial score (nSPS) is 11.8. The number of ether oxygens (including phenoxy) is 2. The zero-order chi connectivity index (χ0) is 20.5. The van der Waals surface area contributed by atoms with Crippen LogP contribution in [0.2, 0.25) is 0 Å². The maximum Gasteiger partial charge on any atom is 0.387 e. The van der Waals surface area contributed by atoms with Gasteiger partial charge in [0.15, 0.2) is 0 Å². The molecule has 0 aliphatic carbocycles. The number of carbonyl (C=O) groups excluding carboxylic acids is 1. The van der Waals surface area contributed by atoms with Crippen LogP contribution in [0, 0.1) is 0 Å². The molecule has 0 aliphatic rings. The van der Waals surface area contributed by atoms with Crippen LogP contribution in [0.4, 0.5) is 13.6 Å². The van der Waals surface area contributed by atoms with E-state index in [1.165, 1.54) is 17.7 Å². The van der Waals surface area contributed by atoms with Gasteiger partial charge in [-0.3, -0.25) is 0 Å². The lowest BCUT2D eigenvalue weighted by atomic mass is 10.1. The Bertz CT molecular complexity index is 736. The second-order valence-corrected chi connectivity index (χ2v) is 6.62. The topological polar surface area (TPSA) is 50.8 Å². The van der Waals surface area contributed by atoms with Gasteiger partial charge in [0.25, 0.3) is 0 Å². The lowest BCUT2D eigenvalue weighted by Gasteiger charge is -2.21. The number of carbonyl (C=O) groups is 1. The van der Waals surface area contributed by atoms with Crippen molar-refractivity contribution in [3.8, 4) is 11.5 Å². The van der Waals surface area contributed by atoms with Crippen molar-refractivity contribution >= 4 is 6.03 Å². The van der Waals surface area contributed by atoms with Crippen molar-refractivity contribution in [3.05, 3.63) is 59.7 Å². The van der Waals surface area contributed by atoms with E-state index in [9.17, 15) is 13.6 Å². The maximum atomic E-state index is 12.3. The smallest absolute Gasteiger partial charge is 0.387 e. The minimum atomic E-state index is -2.85. The van der Waals surface area contributed by atoms with Gasteiger partial charge in [-0.1, -0.05) is 24.3 Å². The molecule has 0 radical (unpaired) electrons. The van der Waals surface area contributed by atoms with E-state index in [-0.39, 0.29) is 17.8 Å². The second-order valence-electron chi connectivity index (χ2n) is 6.62. The van der Waals surface area contributed by atoms with E-state index in [4.69, 9.17) is 4.74 Å². The van der Waals surface area contributed by atoms with Gasteiger partial charge in [-0.2, -0.15) is 8.78 Å². The SMILES string of the molecule is COc1ccc(CCC(C)NC(=O)N(C)Cc2ccc(OC(F)F)cc2)cc1. The molecule has 152 valence electrons. The summed E-state index contributed by atoms with van der Waals surface area (Å²) in [4.78, 5) is 13.9. The number of hydrogen-bond donors (Lipinski definition) is 1. The Balaban J connectivity index is 1.77. The average molecular weight is 392 g/mol. The van der Waals surface area contributed by atoms with Crippen molar-refractivity contribution in [2.75, 3.05) is 14.2 Å². The summed E-state index contributed by atoms with van der Waals surface area (Å²) in [5.41, 5.74) is 2.01. The molecule has 0 heterocycles. The third-order valence-corrected chi connectivity index (χ3v) is 4.31. The molecule has 0 aromatic heterocycles. The highest BCUT2D eigenvalue weighted by molar-refractivity contribution is 5.74. The first-order chi connectivity index (χ1) is 13.4. The molecule has 0 bridgehead atoms. The van der Waals surface area contributed by atoms with Gasteiger partial charge in [0.2, 0.25) is 0 Å². The van der Waals surface area contributed by atoms with Crippen LogP contribution in [0.5, 0.6) is 11.5 Å². The number of benzene rings is 2. The Labute approximate surface area is 164 Å². The molecular weight excluding hydrogens is 366 g/mol. The van der Waals surface area contributed by atoms with Crippen LogP contribution in [0.1, 0.15) is 24.5 Å². The number of halogens is 2. The van der Waals surface area contributed by atoms with Crippen molar-refractivity contribution in [3.63, 3.8) is 0 Å². The van der Waals surface area contributed by atoms with Crippen molar-refractivity contribution < 1.29 is 23.0 Å². The average Bonchev–Trinajstić information content (AvgIpc) is 2.67. The Morgan fingerprint density at radius 3 is 2.18 bits per heavy atom. The van der Waals surface area contributed by atoms with Crippen LogP contribution in [0.25, 0.3) is 0 Å². The Kier molecular flexibility index (Phi) is 8.04. The van der Waals surface area contributed by atoms with Gasteiger partial charge in [0.1, 0.15) is 11.5 Å². The summed E-state index contributed by atoms with van der Waals surface area (Å²) >= 11 is 0. The summed E-state index contributed by atoms with van der Waals surface area (Å²) in [6, 6.07) is 13.9. The summed E-state index contributed by atoms with van der Waals surface area (Å²) < 4.78 is 33.8. The highest BCUT2D eigenvalue weighted by Gasteiger charge is 2.13. The van der Waals surface area contributed by atoms with Crippen LogP contribution in [0.3, 0.4) is 0 Å². The van der Waals surface area contributed by atoms with Gasteiger partial charge in [-0.25, -0.2) is 4.79 Å². The molecule has 0 saturated heterocycles. The first-order valence-corrected chi connectivity index (χ1v) is 9.05. The molecule has 2 rings (SSSR count). The lowest BCUT2D eigenvalue weighted by Crippen LogP contribution is -2.41. The number of methoxy groups -OCH3 is 1. The summed E-state index contributed by atoms with van der Waals surface area (Å²) in [6.45, 7) is -0.517. The monoisotopic (exact) mass is 392 g/mol. The van der Waals surface area contributed by atoms with Crippen molar-refractivity contribution in [1.82, 2.24) is 10.2 Å².